The summed E-state index contributed by atoms with van der Waals surface area (Å²) < 4.78 is 4.84. The van der Waals surface area contributed by atoms with Crippen LogP contribution in [0.1, 0.15) is 11.1 Å². The number of nitrogens with zero attached hydrogens (tertiary/aromatic N) is 4. The van der Waals surface area contributed by atoms with Crippen molar-refractivity contribution in [3.8, 4) is 0 Å². The van der Waals surface area contributed by atoms with Crippen molar-refractivity contribution >= 4 is 45.8 Å². The van der Waals surface area contributed by atoms with E-state index in [1.165, 1.54) is 12.4 Å². The number of aliphatic hydroxyl groups is 1. The minimum absolute atomic E-state index is 0.0445. The van der Waals surface area contributed by atoms with Crippen LogP contribution >= 0.6 is 45.8 Å². The van der Waals surface area contributed by atoms with Gasteiger partial charge in [0.2, 0.25) is 10.6 Å². The first-order chi connectivity index (χ1) is 10.2. The molecule has 0 aliphatic rings. The summed E-state index contributed by atoms with van der Waals surface area (Å²) in [6.07, 6.45) is 6.24. The molecule has 0 radical (unpaired) electrons. The van der Waals surface area contributed by atoms with E-state index in [0.717, 1.165) is 5.56 Å². The van der Waals surface area contributed by atoms with Crippen molar-refractivity contribution in [3.05, 3.63) is 46.5 Å². The first kappa shape index (κ1) is 20.4. The van der Waals surface area contributed by atoms with Gasteiger partial charge in [-0.05, 0) is 28.1 Å². The molecule has 116 valence electrons. The Labute approximate surface area is 147 Å². The Bertz CT molecular complexity index is 486. The predicted molar refractivity (Wildman–Crippen MR) is 90.7 cm³/mol. The summed E-state index contributed by atoms with van der Waals surface area (Å²) in [6.45, 7) is 0.480. The lowest BCUT2D eigenvalue weighted by atomic mass is 10.4. The van der Waals surface area contributed by atoms with Gasteiger partial charge in [-0.2, -0.15) is 0 Å². The number of hydrogen-bond donors (Lipinski definition) is 1. The van der Waals surface area contributed by atoms with Gasteiger partial charge < -0.3 is 9.84 Å². The van der Waals surface area contributed by atoms with Gasteiger partial charge in [0, 0.05) is 43.0 Å². The lowest BCUT2D eigenvalue weighted by molar-refractivity contribution is 0.184. The summed E-state index contributed by atoms with van der Waals surface area (Å²) in [7, 11) is 1.62. The van der Waals surface area contributed by atoms with Crippen LogP contribution in [0.5, 0.6) is 0 Å². The largest absolute Gasteiger partial charge is 0.392 e. The van der Waals surface area contributed by atoms with E-state index in [-0.39, 0.29) is 17.2 Å². The Morgan fingerprint density at radius 3 is 1.67 bits per heavy atom. The number of halogens is 3. The fourth-order valence-electron chi connectivity index (χ4n) is 1.00. The number of methoxy groups -OCH3 is 1. The topological polar surface area (TPSA) is 81.0 Å². The smallest absolute Gasteiger partial charge is 0.222 e. The first-order valence-electron chi connectivity index (χ1n) is 5.56. The molecule has 6 nitrogen and oxygen atoms in total. The van der Waals surface area contributed by atoms with Crippen molar-refractivity contribution in [1.82, 2.24) is 19.9 Å². The van der Waals surface area contributed by atoms with Crippen LogP contribution in [0.4, 0.5) is 0 Å². The monoisotopic (exact) mass is 444 g/mol. The molecule has 0 saturated heterocycles. The molecule has 0 spiro atoms. The minimum Gasteiger partial charge on any atom is -0.392 e. The van der Waals surface area contributed by atoms with Gasteiger partial charge in [0.25, 0.3) is 0 Å². The number of rotatable bonds is 3. The SMILES string of the molecule is CI.COCc1cnc(Cl)nc1.OCc1cnc(Cl)nc1. The maximum absolute atomic E-state index is 8.51. The molecule has 0 aromatic carbocycles. The number of aliphatic hydroxyl groups excluding tert-OH is 1. The van der Waals surface area contributed by atoms with E-state index in [1.807, 2.05) is 4.93 Å². The quantitative estimate of drug-likeness (QED) is 0.445. The third-order valence-corrected chi connectivity index (χ3v) is 2.23. The predicted octanol–water partition coefficient (Wildman–Crippen LogP) is 2.95. The highest BCUT2D eigenvalue weighted by atomic mass is 127. The molecular formula is C12H15Cl2IN4O2. The van der Waals surface area contributed by atoms with E-state index in [4.69, 9.17) is 33.0 Å². The molecule has 0 aliphatic carbocycles. The zero-order valence-electron chi connectivity index (χ0n) is 11.5. The minimum atomic E-state index is -0.0445. The standard InChI is InChI=1S/C6H7ClN2O.C5H5ClN2O.CH3I/c1-10-4-5-2-8-6(7)9-3-5;6-5-7-1-4(3-9)2-8-5;1-2/h2-3H,4H2,1H3;1-2,9H,3H2;1H3. The summed E-state index contributed by atoms with van der Waals surface area (Å²) in [5.41, 5.74) is 1.59. The van der Waals surface area contributed by atoms with Crippen molar-refractivity contribution in [3.63, 3.8) is 0 Å². The average molecular weight is 445 g/mol. The van der Waals surface area contributed by atoms with E-state index in [2.05, 4.69) is 42.5 Å². The van der Waals surface area contributed by atoms with Crippen LogP contribution in [-0.4, -0.2) is 37.1 Å². The fourth-order valence-corrected chi connectivity index (χ4v) is 1.20. The van der Waals surface area contributed by atoms with Crippen LogP contribution < -0.4 is 0 Å². The highest BCUT2D eigenvalue weighted by Gasteiger charge is 1.92. The number of ether oxygens (including phenoxy) is 1. The Balaban J connectivity index is 0.000000342. The lowest BCUT2D eigenvalue weighted by Crippen LogP contribution is -1.90. The number of aromatic nitrogens is 4. The van der Waals surface area contributed by atoms with Gasteiger partial charge >= 0.3 is 0 Å². The van der Waals surface area contributed by atoms with Crippen molar-refractivity contribution in [2.24, 2.45) is 0 Å². The van der Waals surface area contributed by atoms with Crippen molar-refractivity contribution < 1.29 is 9.84 Å². The molecule has 0 atom stereocenters. The van der Waals surface area contributed by atoms with Crippen molar-refractivity contribution in [2.45, 2.75) is 13.2 Å². The van der Waals surface area contributed by atoms with Crippen LogP contribution in [0.25, 0.3) is 0 Å². The molecule has 1 N–H and O–H groups in total. The van der Waals surface area contributed by atoms with Crippen LogP contribution in [-0.2, 0) is 18.0 Å². The van der Waals surface area contributed by atoms with Crippen LogP contribution in [0.15, 0.2) is 24.8 Å². The van der Waals surface area contributed by atoms with E-state index in [9.17, 15) is 0 Å². The van der Waals surface area contributed by atoms with Crippen molar-refractivity contribution in [2.75, 3.05) is 12.0 Å². The van der Waals surface area contributed by atoms with Crippen molar-refractivity contribution in [1.29, 1.82) is 0 Å². The fraction of sp³-hybridized carbons (Fsp3) is 0.333. The molecule has 2 rings (SSSR count). The second-order valence-corrected chi connectivity index (χ2v) is 3.99. The molecular weight excluding hydrogens is 430 g/mol. The van der Waals surface area contributed by atoms with E-state index >= 15 is 0 Å². The molecule has 21 heavy (non-hydrogen) atoms. The Kier molecular flexibility index (Phi) is 12.7. The van der Waals surface area contributed by atoms with Gasteiger partial charge in [0.15, 0.2) is 0 Å². The number of alkyl halides is 1. The first-order valence-corrected chi connectivity index (χ1v) is 8.47. The zero-order valence-corrected chi connectivity index (χ0v) is 15.2. The molecule has 0 aliphatic heterocycles. The molecule has 2 heterocycles. The third kappa shape index (κ3) is 9.86. The molecule has 0 amide bonds. The summed E-state index contributed by atoms with van der Waals surface area (Å²) >= 11 is 13.0. The molecule has 0 bridgehead atoms. The van der Waals surface area contributed by atoms with Gasteiger partial charge in [-0.1, -0.05) is 22.6 Å². The summed E-state index contributed by atoms with van der Waals surface area (Å²) in [5.74, 6) is 0. The maximum Gasteiger partial charge on any atom is 0.222 e. The van der Waals surface area contributed by atoms with Gasteiger partial charge in [-0.25, -0.2) is 19.9 Å². The summed E-state index contributed by atoms with van der Waals surface area (Å²) in [4.78, 5) is 16.8. The zero-order chi connectivity index (χ0) is 16.1. The number of hydrogen-bond acceptors (Lipinski definition) is 6. The van der Waals surface area contributed by atoms with E-state index in [1.54, 1.807) is 19.5 Å². The lowest BCUT2D eigenvalue weighted by Gasteiger charge is -1.95. The third-order valence-electron chi connectivity index (χ3n) is 1.84. The second kappa shape index (κ2) is 13.1. The van der Waals surface area contributed by atoms with Gasteiger partial charge in [-0.15, -0.1) is 0 Å². The molecule has 9 heteroatoms. The van der Waals surface area contributed by atoms with E-state index < -0.39 is 0 Å². The molecule has 0 fully saturated rings. The maximum atomic E-state index is 8.51. The second-order valence-electron chi connectivity index (χ2n) is 3.31. The average Bonchev–Trinajstić information content (AvgIpc) is 2.53. The molecule has 0 saturated carbocycles. The molecule has 2 aromatic heterocycles. The highest BCUT2D eigenvalue weighted by molar-refractivity contribution is 14.1. The highest BCUT2D eigenvalue weighted by Crippen LogP contribution is 2.01. The molecule has 2 aromatic rings. The normalized spacial score (nSPS) is 9.05. The van der Waals surface area contributed by atoms with Crippen LogP contribution in [0.2, 0.25) is 10.6 Å². The Morgan fingerprint density at radius 2 is 1.33 bits per heavy atom. The Morgan fingerprint density at radius 1 is 0.952 bits per heavy atom. The van der Waals surface area contributed by atoms with Crippen LogP contribution in [0.3, 0.4) is 0 Å². The van der Waals surface area contributed by atoms with Gasteiger partial charge in [-0.3, -0.25) is 0 Å². The van der Waals surface area contributed by atoms with Gasteiger partial charge in [0.05, 0.1) is 13.2 Å². The van der Waals surface area contributed by atoms with E-state index in [0.29, 0.717) is 12.2 Å². The van der Waals surface area contributed by atoms with Crippen LogP contribution in [0, 0.1) is 0 Å². The van der Waals surface area contributed by atoms with Gasteiger partial charge in [0.1, 0.15) is 0 Å². The Hall–Kier alpha value is -0.610. The summed E-state index contributed by atoms with van der Waals surface area (Å²) in [6, 6.07) is 0. The molecule has 0 unspecified atom stereocenters. The summed E-state index contributed by atoms with van der Waals surface area (Å²) in [5, 5.41) is 8.97.